The van der Waals surface area contributed by atoms with Gasteiger partial charge in [0.25, 0.3) is 0 Å². The van der Waals surface area contributed by atoms with E-state index >= 15 is 0 Å². The Bertz CT molecular complexity index is 659. The highest BCUT2D eigenvalue weighted by Gasteiger charge is 2.20. The van der Waals surface area contributed by atoms with Crippen LogP contribution >= 0.6 is 0 Å². The van der Waals surface area contributed by atoms with Gasteiger partial charge in [-0.2, -0.15) is 0 Å². The standard InChI is InChI=1S/C18H25N5O/c1-5-16(14-8-11-19-12-9-14)23(4)18(24)21-13-15-7-6-10-20-17(15)22(2)3/h6-12,16H,5,13H2,1-4H3,(H,21,24). The number of rotatable bonds is 6. The molecule has 2 aromatic rings. The second kappa shape index (κ2) is 8.29. The van der Waals surface area contributed by atoms with Crippen LogP contribution in [0.2, 0.25) is 0 Å². The smallest absolute Gasteiger partial charge is 0.317 e. The number of pyridine rings is 2. The third-order valence-corrected chi connectivity index (χ3v) is 3.99. The fourth-order valence-electron chi connectivity index (χ4n) is 2.73. The topological polar surface area (TPSA) is 61.4 Å². The van der Waals surface area contributed by atoms with Crippen molar-refractivity contribution < 1.29 is 4.79 Å². The van der Waals surface area contributed by atoms with Crippen LogP contribution in [0.4, 0.5) is 10.6 Å². The zero-order valence-electron chi connectivity index (χ0n) is 14.7. The second-order valence-corrected chi connectivity index (χ2v) is 5.85. The van der Waals surface area contributed by atoms with E-state index in [0.717, 1.165) is 23.4 Å². The van der Waals surface area contributed by atoms with Gasteiger partial charge in [-0.25, -0.2) is 9.78 Å². The van der Waals surface area contributed by atoms with Gasteiger partial charge in [-0.15, -0.1) is 0 Å². The minimum Gasteiger partial charge on any atom is -0.362 e. The van der Waals surface area contributed by atoms with E-state index in [-0.39, 0.29) is 12.1 Å². The number of carbonyl (C=O) groups is 1. The van der Waals surface area contributed by atoms with Crippen molar-refractivity contribution in [3.8, 4) is 0 Å². The highest BCUT2D eigenvalue weighted by atomic mass is 16.2. The molecule has 24 heavy (non-hydrogen) atoms. The van der Waals surface area contributed by atoms with Crippen molar-refractivity contribution in [2.75, 3.05) is 26.0 Å². The summed E-state index contributed by atoms with van der Waals surface area (Å²) in [5.41, 5.74) is 2.07. The monoisotopic (exact) mass is 327 g/mol. The number of nitrogens with one attached hydrogen (secondary N) is 1. The number of amides is 2. The molecule has 0 aliphatic rings. The van der Waals surface area contributed by atoms with Crippen LogP contribution in [-0.2, 0) is 6.54 Å². The molecule has 0 aliphatic carbocycles. The average Bonchev–Trinajstić information content (AvgIpc) is 2.61. The molecule has 0 bridgehead atoms. The zero-order chi connectivity index (χ0) is 17.5. The number of hydrogen-bond donors (Lipinski definition) is 1. The first-order valence-electron chi connectivity index (χ1n) is 8.06. The molecule has 1 atom stereocenters. The molecule has 0 saturated carbocycles. The molecule has 1 N–H and O–H groups in total. The number of carbonyl (C=O) groups excluding carboxylic acids is 1. The molecule has 6 heteroatoms. The van der Waals surface area contributed by atoms with Gasteiger partial charge in [0.15, 0.2) is 0 Å². The lowest BCUT2D eigenvalue weighted by Crippen LogP contribution is -2.39. The van der Waals surface area contributed by atoms with Gasteiger partial charge in [-0.3, -0.25) is 4.98 Å². The predicted octanol–water partition coefficient (Wildman–Crippen LogP) is 2.84. The molecule has 0 aliphatic heterocycles. The SMILES string of the molecule is CCC(c1ccncc1)N(C)C(=O)NCc1cccnc1N(C)C. The Morgan fingerprint density at radius 2 is 1.88 bits per heavy atom. The summed E-state index contributed by atoms with van der Waals surface area (Å²) in [4.78, 5) is 24.6. The van der Waals surface area contributed by atoms with Crippen LogP contribution in [0, 0.1) is 0 Å². The molecule has 0 spiro atoms. The molecule has 0 saturated heterocycles. The third kappa shape index (κ3) is 4.22. The molecule has 6 nitrogen and oxygen atoms in total. The molecule has 2 aromatic heterocycles. The Balaban J connectivity index is 2.04. The van der Waals surface area contributed by atoms with Crippen molar-refractivity contribution in [3.05, 3.63) is 54.0 Å². The van der Waals surface area contributed by atoms with Gasteiger partial charge >= 0.3 is 6.03 Å². The molecule has 2 rings (SSSR count). The van der Waals surface area contributed by atoms with Gasteiger partial charge in [0.1, 0.15) is 5.82 Å². The Hall–Kier alpha value is -2.63. The Kier molecular flexibility index (Phi) is 6.12. The van der Waals surface area contributed by atoms with Crippen molar-refractivity contribution in [3.63, 3.8) is 0 Å². The van der Waals surface area contributed by atoms with E-state index in [1.807, 2.05) is 50.3 Å². The van der Waals surface area contributed by atoms with E-state index in [9.17, 15) is 4.79 Å². The molecule has 0 fully saturated rings. The van der Waals surface area contributed by atoms with E-state index < -0.39 is 0 Å². The molecule has 0 radical (unpaired) electrons. The summed E-state index contributed by atoms with van der Waals surface area (Å²) in [5, 5.41) is 2.98. The van der Waals surface area contributed by atoms with Gasteiger partial charge in [-0.1, -0.05) is 13.0 Å². The van der Waals surface area contributed by atoms with Crippen molar-refractivity contribution in [2.24, 2.45) is 0 Å². The minimum atomic E-state index is -0.104. The second-order valence-electron chi connectivity index (χ2n) is 5.85. The van der Waals surface area contributed by atoms with Crippen LogP contribution in [0.15, 0.2) is 42.9 Å². The van der Waals surface area contributed by atoms with E-state index in [2.05, 4.69) is 22.2 Å². The molecule has 1 unspecified atom stereocenters. The van der Waals surface area contributed by atoms with Crippen molar-refractivity contribution in [1.29, 1.82) is 0 Å². The lowest BCUT2D eigenvalue weighted by atomic mass is 10.1. The van der Waals surface area contributed by atoms with Gasteiger partial charge in [0, 0.05) is 51.8 Å². The van der Waals surface area contributed by atoms with Crippen molar-refractivity contribution in [2.45, 2.75) is 25.9 Å². The third-order valence-electron chi connectivity index (χ3n) is 3.99. The number of aromatic nitrogens is 2. The summed E-state index contributed by atoms with van der Waals surface area (Å²) < 4.78 is 0. The van der Waals surface area contributed by atoms with Crippen molar-refractivity contribution in [1.82, 2.24) is 20.2 Å². The van der Waals surface area contributed by atoms with Crippen LogP contribution in [0.3, 0.4) is 0 Å². The molecular weight excluding hydrogens is 302 g/mol. The highest BCUT2D eigenvalue weighted by molar-refractivity contribution is 5.74. The maximum absolute atomic E-state index is 12.5. The lowest BCUT2D eigenvalue weighted by molar-refractivity contribution is 0.188. The summed E-state index contributed by atoms with van der Waals surface area (Å²) >= 11 is 0. The molecule has 128 valence electrons. The van der Waals surface area contributed by atoms with Crippen LogP contribution in [0.25, 0.3) is 0 Å². The Labute approximate surface area is 143 Å². The van der Waals surface area contributed by atoms with Crippen LogP contribution < -0.4 is 10.2 Å². The molecule has 2 amide bonds. The van der Waals surface area contributed by atoms with E-state index in [4.69, 9.17) is 0 Å². The minimum absolute atomic E-state index is 0.0233. The van der Waals surface area contributed by atoms with Gasteiger partial charge in [0.2, 0.25) is 0 Å². The van der Waals surface area contributed by atoms with Crippen molar-refractivity contribution >= 4 is 11.8 Å². The molecule has 0 aromatic carbocycles. The summed E-state index contributed by atoms with van der Waals surface area (Å²) in [6, 6.07) is 7.67. The van der Waals surface area contributed by atoms with Gasteiger partial charge < -0.3 is 15.1 Å². The average molecular weight is 327 g/mol. The summed E-state index contributed by atoms with van der Waals surface area (Å²) in [5.74, 6) is 0.863. The van der Waals surface area contributed by atoms with E-state index in [1.54, 1.807) is 23.5 Å². The van der Waals surface area contributed by atoms with Crippen LogP contribution in [0.5, 0.6) is 0 Å². The van der Waals surface area contributed by atoms with Crippen LogP contribution in [0.1, 0.15) is 30.5 Å². The maximum Gasteiger partial charge on any atom is 0.317 e. The highest BCUT2D eigenvalue weighted by Crippen LogP contribution is 2.22. The quantitative estimate of drug-likeness (QED) is 0.886. The largest absolute Gasteiger partial charge is 0.362 e. The Morgan fingerprint density at radius 3 is 2.50 bits per heavy atom. The predicted molar refractivity (Wildman–Crippen MR) is 95.8 cm³/mol. The van der Waals surface area contributed by atoms with E-state index in [0.29, 0.717) is 6.54 Å². The number of nitrogens with zero attached hydrogens (tertiary/aromatic N) is 4. The fraction of sp³-hybridized carbons (Fsp3) is 0.389. The molecular formula is C18H25N5O. The summed E-state index contributed by atoms with van der Waals surface area (Å²) in [7, 11) is 5.70. The first kappa shape index (κ1) is 17.7. The summed E-state index contributed by atoms with van der Waals surface area (Å²) in [6.45, 7) is 2.51. The summed E-state index contributed by atoms with van der Waals surface area (Å²) in [6.07, 6.45) is 6.10. The zero-order valence-corrected chi connectivity index (χ0v) is 14.7. The normalized spacial score (nSPS) is 11.7. The molecule has 2 heterocycles. The first-order valence-corrected chi connectivity index (χ1v) is 8.06. The van der Waals surface area contributed by atoms with Gasteiger partial charge in [-0.05, 0) is 30.2 Å². The van der Waals surface area contributed by atoms with Crippen LogP contribution in [-0.4, -0.2) is 42.0 Å². The maximum atomic E-state index is 12.5. The Morgan fingerprint density at radius 1 is 1.17 bits per heavy atom. The number of anilines is 1. The van der Waals surface area contributed by atoms with E-state index in [1.165, 1.54) is 0 Å². The number of hydrogen-bond acceptors (Lipinski definition) is 4. The fourth-order valence-corrected chi connectivity index (χ4v) is 2.73. The van der Waals surface area contributed by atoms with Gasteiger partial charge in [0.05, 0.1) is 6.04 Å². The first-order chi connectivity index (χ1) is 11.5. The lowest BCUT2D eigenvalue weighted by Gasteiger charge is -2.28. The number of urea groups is 1.